The molecular weight excluding hydrogens is 162 g/mol. The van der Waals surface area contributed by atoms with Crippen LogP contribution in [0.15, 0.2) is 48.4 Å². The highest BCUT2D eigenvalue weighted by Gasteiger charge is 1.86. The highest BCUT2D eigenvalue weighted by atomic mass is 16.2. The average Bonchev–Trinajstić information content (AvgIpc) is 2.21. The summed E-state index contributed by atoms with van der Waals surface area (Å²) in [7, 11) is 1.76. The van der Waals surface area contributed by atoms with Crippen LogP contribution in [0.3, 0.4) is 0 Å². The van der Waals surface area contributed by atoms with Crippen molar-refractivity contribution in [2.75, 3.05) is 7.05 Å². The van der Waals surface area contributed by atoms with Crippen LogP contribution < -0.4 is 5.32 Å². The molecule has 2 N–H and O–H groups in total. The number of nitrogens with one attached hydrogen (secondary N) is 1. The van der Waals surface area contributed by atoms with Gasteiger partial charge >= 0.3 is 0 Å². The van der Waals surface area contributed by atoms with E-state index in [2.05, 4.69) is 5.32 Å². The molecule has 0 amide bonds. The van der Waals surface area contributed by atoms with Gasteiger partial charge in [0.25, 0.3) is 0 Å². The molecule has 0 saturated heterocycles. The fourth-order valence-electron chi connectivity index (χ4n) is 0.941. The first-order valence-corrected chi connectivity index (χ1v) is 4.12. The zero-order chi connectivity index (χ0) is 9.52. The van der Waals surface area contributed by atoms with E-state index < -0.39 is 0 Å². The van der Waals surface area contributed by atoms with Crippen LogP contribution >= 0.6 is 0 Å². The third-order valence-corrected chi connectivity index (χ3v) is 1.68. The van der Waals surface area contributed by atoms with Crippen molar-refractivity contribution in [1.29, 1.82) is 0 Å². The van der Waals surface area contributed by atoms with Crippen LogP contribution in [-0.2, 0) is 0 Å². The highest BCUT2D eigenvalue weighted by molar-refractivity contribution is 5.52. The van der Waals surface area contributed by atoms with Crippen molar-refractivity contribution in [1.82, 2.24) is 5.32 Å². The highest BCUT2D eigenvalue weighted by Crippen LogP contribution is 2.02. The molecule has 0 unspecified atom stereocenters. The molecule has 0 radical (unpaired) electrons. The summed E-state index contributed by atoms with van der Waals surface area (Å²) in [5.74, 6) is 0. The van der Waals surface area contributed by atoms with Gasteiger partial charge in [0.1, 0.15) is 6.26 Å². The fourth-order valence-corrected chi connectivity index (χ4v) is 0.941. The molecule has 13 heavy (non-hydrogen) atoms. The predicted molar refractivity (Wildman–Crippen MR) is 55.2 cm³/mol. The van der Waals surface area contributed by atoms with Crippen molar-refractivity contribution in [3.8, 4) is 0 Å². The number of aliphatic hydroxyl groups excluding tert-OH is 1. The average molecular weight is 175 g/mol. The molecule has 0 atom stereocenters. The van der Waals surface area contributed by atoms with Gasteiger partial charge in [-0.25, -0.2) is 0 Å². The van der Waals surface area contributed by atoms with Gasteiger partial charge in [0.2, 0.25) is 0 Å². The van der Waals surface area contributed by atoms with Gasteiger partial charge in [-0.2, -0.15) is 0 Å². The third-order valence-electron chi connectivity index (χ3n) is 1.68. The Labute approximate surface area is 78.2 Å². The van der Waals surface area contributed by atoms with Crippen LogP contribution in [0, 0.1) is 0 Å². The van der Waals surface area contributed by atoms with Crippen molar-refractivity contribution in [3.63, 3.8) is 0 Å². The van der Waals surface area contributed by atoms with E-state index in [1.165, 1.54) is 0 Å². The fraction of sp³-hybridized carbons (Fsp3) is 0.0909. The molecule has 1 aromatic carbocycles. The predicted octanol–water partition coefficient (Wildman–Crippen LogP) is 2.32. The lowest BCUT2D eigenvalue weighted by Crippen LogP contribution is -2.02. The van der Waals surface area contributed by atoms with Crippen molar-refractivity contribution < 1.29 is 5.11 Å². The van der Waals surface area contributed by atoms with Crippen LogP contribution in [-0.4, -0.2) is 12.2 Å². The molecule has 0 bridgehead atoms. The molecule has 0 aliphatic carbocycles. The molecule has 1 aromatic rings. The van der Waals surface area contributed by atoms with E-state index in [1.807, 2.05) is 42.5 Å². The molecule has 68 valence electrons. The summed E-state index contributed by atoms with van der Waals surface area (Å²) in [5.41, 5.74) is 1.79. The van der Waals surface area contributed by atoms with Crippen molar-refractivity contribution in [2.45, 2.75) is 0 Å². The molecule has 0 aliphatic heterocycles. The van der Waals surface area contributed by atoms with E-state index in [0.29, 0.717) is 5.70 Å². The van der Waals surface area contributed by atoms with Crippen LogP contribution in [0.2, 0.25) is 0 Å². The largest absolute Gasteiger partial charge is 0.513 e. The van der Waals surface area contributed by atoms with E-state index in [4.69, 9.17) is 5.11 Å². The Morgan fingerprint density at radius 1 is 1.31 bits per heavy atom. The molecule has 0 heterocycles. The van der Waals surface area contributed by atoms with Gasteiger partial charge in [0.05, 0.1) is 5.70 Å². The van der Waals surface area contributed by atoms with Crippen LogP contribution in [0.4, 0.5) is 0 Å². The summed E-state index contributed by atoms with van der Waals surface area (Å²) in [6, 6.07) is 9.92. The number of hydrogen-bond donors (Lipinski definition) is 2. The Kier molecular flexibility index (Phi) is 3.64. The smallest absolute Gasteiger partial charge is 0.102 e. The van der Waals surface area contributed by atoms with Crippen LogP contribution in [0.1, 0.15) is 5.56 Å². The van der Waals surface area contributed by atoms with Gasteiger partial charge in [-0.1, -0.05) is 36.4 Å². The van der Waals surface area contributed by atoms with Gasteiger partial charge in [-0.05, 0) is 11.6 Å². The summed E-state index contributed by atoms with van der Waals surface area (Å²) in [4.78, 5) is 0. The molecule has 0 spiro atoms. The van der Waals surface area contributed by atoms with Gasteiger partial charge < -0.3 is 10.4 Å². The monoisotopic (exact) mass is 175 g/mol. The Bertz CT molecular complexity index is 301. The van der Waals surface area contributed by atoms with Crippen molar-refractivity contribution in [2.24, 2.45) is 0 Å². The lowest BCUT2D eigenvalue weighted by Gasteiger charge is -1.96. The first-order chi connectivity index (χ1) is 6.36. The quantitative estimate of drug-likeness (QED) is 0.546. The summed E-state index contributed by atoms with van der Waals surface area (Å²) in [5, 5.41) is 11.6. The number of likely N-dealkylation sites (N-methyl/N-ethyl adjacent to an activating group) is 1. The SMILES string of the molecule is CNC(=C\O)/C=C/c1ccccc1. The Morgan fingerprint density at radius 2 is 2.00 bits per heavy atom. The Hall–Kier alpha value is -1.70. The maximum Gasteiger partial charge on any atom is 0.102 e. The van der Waals surface area contributed by atoms with Gasteiger partial charge in [0.15, 0.2) is 0 Å². The molecule has 0 aliphatic rings. The van der Waals surface area contributed by atoms with Gasteiger partial charge in [-0.3, -0.25) is 0 Å². The van der Waals surface area contributed by atoms with Gasteiger partial charge in [-0.15, -0.1) is 0 Å². The van der Waals surface area contributed by atoms with Crippen LogP contribution in [0.25, 0.3) is 6.08 Å². The van der Waals surface area contributed by atoms with Crippen molar-refractivity contribution >= 4 is 6.08 Å². The molecule has 2 nitrogen and oxygen atoms in total. The lowest BCUT2D eigenvalue weighted by atomic mass is 10.2. The second kappa shape index (κ2) is 5.04. The van der Waals surface area contributed by atoms with Crippen molar-refractivity contribution in [3.05, 3.63) is 53.9 Å². The second-order valence-electron chi connectivity index (χ2n) is 2.58. The number of rotatable bonds is 3. The molecule has 1 rings (SSSR count). The molecular formula is C11H13NO. The second-order valence-corrected chi connectivity index (χ2v) is 2.58. The summed E-state index contributed by atoms with van der Waals surface area (Å²) >= 11 is 0. The van der Waals surface area contributed by atoms with E-state index in [-0.39, 0.29) is 0 Å². The minimum Gasteiger partial charge on any atom is -0.513 e. The first kappa shape index (κ1) is 9.39. The molecule has 0 fully saturated rings. The van der Waals surface area contributed by atoms with E-state index in [9.17, 15) is 0 Å². The molecule has 2 heteroatoms. The third kappa shape index (κ3) is 3.03. The normalized spacial score (nSPS) is 11.9. The zero-order valence-electron chi connectivity index (χ0n) is 7.57. The molecule has 0 saturated carbocycles. The lowest BCUT2D eigenvalue weighted by molar-refractivity contribution is 0.465. The van der Waals surface area contributed by atoms with Crippen LogP contribution in [0.5, 0.6) is 0 Å². The standard InChI is InChI=1S/C11H13NO/c1-12-11(9-13)8-7-10-5-3-2-4-6-10/h2-9,12-13H,1H3/b8-7+,11-9-. The molecule has 0 aromatic heterocycles. The number of benzene rings is 1. The zero-order valence-corrected chi connectivity index (χ0v) is 7.57. The number of allylic oxidation sites excluding steroid dienone is 1. The maximum atomic E-state index is 8.73. The first-order valence-electron chi connectivity index (χ1n) is 4.12. The van der Waals surface area contributed by atoms with E-state index in [0.717, 1.165) is 11.8 Å². The number of hydrogen-bond acceptors (Lipinski definition) is 2. The maximum absolute atomic E-state index is 8.73. The number of aliphatic hydroxyl groups is 1. The van der Waals surface area contributed by atoms with E-state index >= 15 is 0 Å². The van der Waals surface area contributed by atoms with Gasteiger partial charge in [0, 0.05) is 7.05 Å². The summed E-state index contributed by atoms with van der Waals surface area (Å²) in [6.45, 7) is 0. The summed E-state index contributed by atoms with van der Waals surface area (Å²) < 4.78 is 0. The topological polar surface area (TPSA) is 32.3 Å². The minimum atomic E-state index is 0.684. The summed E-state index contributed by atoms with van der Waals surface area (Å²) in [6.07, 6.45) is 4.79. The Balaban J connectivity index is 2.69. The Morgan fingerprint density at radius 3 is 2.54 bits per heavy atom. The minimum absolute atomic E-state index is 0.684. The van der Waals surface area contributed by atoms with E-state index in [1.54, 1.807) is 7.05 Å².